The van der Waals surface area contributed by atoms with Gasteiger partial charge in [-0.2, -0.15) is 0 Å². The predicted octanol–water partition coefficient (Wildman–Crippen LogP) is 2.74. The Morgan fingerprint density at radius 2 is 2.17 bits per heavy atom. The maximum absolute atomic E-state index is 11.5. The van der Waals surface area contributed by atoms with Crippen molar-refractivity contribution in [3.8, 4) is 0 Å². The molecule has 2 rings (SSSR count). The molecule has 1 heterocycles. The molecule has 0 aliphatic heterocycles. The first-order valence-corrected chi connectivity index (χ1v) is 6.71. The average Bonchev–Trinajstić information content (AvgIpc) is 3.07. The lowest BCUT2D eigenvalue weighted by atomic mass is 9.82. The normalized spacial score (nSPS) is 17.6. The van der Waals surface area contributed by atoms with Gasteiger partial charge >= 0.3 is 0 Å². The number of H-pyrrole nitrogens is 1. The molecule has 1 atom stereocenters. The highest BCUT2D eigenvalue weighted by Gasteiger charge is 2.26. The van der Waals surface area contributed by atoms with Gasteiger partial charge in [0.25, 0.3) is 5.56 Å². The molecule has 100 valence electrons. The molecule has 2 N–H and O–H groups in total. The molecule has 1 fully saturated rings. The summed E-state index contributed by atoms with van der Waals surface area (Å²) in [7, 11) is 0. The van der Waals surface area contributed by atoms with Crippen LogP contribution in [-0.2, 0) is 0 Å². The van der Waals surface area contributed by atoms with Crippen molar-refractivity contribution in [2.24, 2.45) is 11.3 Å². The lowest BCUT2D eigenvalue weighted by Crippen LogP contribution is -2.25. The fourth-order valence-corrected chi connectivity index (χ4v) is 1.68. The Hall–Kier alpha value is -1.32. The van der Waals surface area contributed by atoms with Crippen molar-refractivity contribution in [1.29, 1.82) is 0 Å². The molecule has 4 nitrogen and oxygen atoms in total. The second kappa shape index (κ2) is 4.75. The van der Waals surface area contributed by atoms with Gasteiger partial charge in [0, 0.05) is 18.5 Å². The van der Waals surface area contributed by atoms with E-state index in [-0.39, 0.29) is 11.0 Å². The number of anilines is 1. The van der Waals surface area contributed by atoms with E-state index in [1.165, 1.54) is 0 Å². The second-order valence-corrected chi connectivity index (χ2v) is 6.44. The first kappa shape index (κ1) is 13.1. The molecule has 0 amide bonds. The van der Waals surface area contributed by atoms with Crippen LogP contribution in [-0.4, -0.2) is 16.5 Å². The van der Waals surface area contributed by atoms with Crippen molar-refractivity contribution in [3.05, 3.63) is 22.2 Å². The summed E-state index contributed by atoms with van der Waals surface area (Å²) in [6.07, 6.45) is 2.29. The molecule has 0 bridgehead atoms. The van der Waals surface area contributed by atoms with Gasteiger partial charge in [-0.25, -0.2) is 4.98 Å². The summed E-state index contributed by atoms with van der Waals surface area (Å²) in [6.45, 7) is 9.71. The van der Waals surface area contributed by atoms with Crippen LogP contribution in [0.5, 0.6) is 0 Å². The average molecular weight is 249 g/mol. The third-order valence-corrected chi connectivity index (χ3v) is 3.79. The van der Waals surface area contributed by atoms with Crippen molar-refractivity contribution in [1.82, 2.24) is 9.97 Å². The summed E-state index contributed by atoms with van der Waals surface area (Å²) in [5, 5.41) is 3.28. The van der Waals surface area contributed by atoms with E-state index in [2.05, 4.69) is 43.0 Å². The number of nitrogens with one attached hydrogen (secondary N) is 2. The maximum Gasteiger partial charge on any atom is 0.252 e. The monoisotopic (exact) mass is 249 g/mol. The summed E-state index contributed by atoms with van der Waals surface area (Å²) in [4.78, 5) is 18.9. The molecule has 1 aliphatic rings. The third-order valence-electron chi connectivity index (χ3n) is 3.79. The smallest absolute Gasteiger partial charge is 0.252 e. The molecule has 0 aromatic carbocycles. The quantitative estimate of drug-likeness (QED) is 0.862. The van der Waals surface area contributed by atoms with Gasteiger partial charge in [0.2, 0.25) is 0 Å². The van der Waals surface area contributed by atoms with Crippen LogP contribution in [0.1, 0.15) is 52.3 Å². The molecule has 18 heavy (non-hydrogen) atoms. The van der Waals surface area contributed by atoms with Crippen LogP contribution in [0.15, 0.2) is 10.9 Å². The van der Waals surface area contributed by atoms with Gasteiger partial charge in [-0.1, -0.05) is 27.7 Å². The largest absolute Gasteiger partial charge is 0.370 e. The highest BCUT2D eigenvalue weighted by Crippen LogP contribution is 2.37. The van der Waals surface area contributed by atoms with Crippen LogP contribution in [0, 0.1) is 11.3 Å². The standard InChI is InChI=1S/C14H23N3O/c1-9(14(2,3)4)8-15-11-7-12(18)17-13(16-11)10-5-6-10/h7,9-10H,5-6,8H2,1-4H3,(H2,15,16,17,18). The number of aromatic amines is 1. The zero-order valence-electron chi connectivity index (χ0n) is 11.7. The Morgan fingerprint density at radius 3 is 2.72 bits per heavy atom. The van der Waals surface area contributed by atoms with Crippen molar-refractivity contribution >= 4 is 5.82 Å². The fraction of sp³-hybridized carbons (Fsp3) is 0.714. The molecule has 0 saturated heterocycles. The molecule has 1 aromatic rings. The van der Waals surface area contributed by atoms with Crippen molar-refractivity contribution in [3.63, 3.8) is 0 Å². The molecule has 1 aliphatic carbocycles. The minimum absolute atomic E-state index is 0.0576. The maximum atomic E-state index is 11.5. The lowest BCUT2D eigenvalue weighted by Gasteiger charge is -2.27. The van der Waals surface area contributed by atoms with Crippen LogP contribution in [0.2, 0.25) is 0 Å². The Bertz CT molecular complexity index is 469. The van der Waals surface area contributed by atoms with Crippen LogP contribution in [0.4, 0.5) is 5.82 Å². The van der Waals surface area contributed by atoms with Crippen LogP contribution in [0.25, 0.3) is 0 Å². The van der Waals surface area contributed by atoms with Gasteiger partial charge in [0.15, 0.2) is 0 Å². The number of rotatable bonds is 4. The molecular formula is C14H23N3O. The molecule has 1 saturated carbocycles. The highest BCUT2D eigenvalue weighted by molar-refractivity contribution is 5.34. The molecule has 1 unspecified atom stereocenters. The van der Waals surface area contributed by atoms with E-state index < -0.39 is 0 Å². The SMILES string of the molecule is CC(CNc1cc(=O)[nH]c(C2CC2)n1)C(C)(C)C. The third kappa shape index (κ3) is 3.34. The van der Waals surface area contributed by atoms with E-state index in [1.54, 1.807) is 6.07 Å². The Balaban J connectivity index is 2.03. The van der Waals surface area contributed by atoms with Crippen LogP contribution >= 0.6 is 0 Å². The predicted molar refractivity (Wildman–Crippen MR) is 73.9 cm³/mol. The lowest BCUT2D eigenvalue weighted by molar-refractivity contribution is 0.274. The number of aromatic nitrogens is 2. The Labute approximate surface area is 108 Å². The van der Waals surface area contributed by atoms with Crippen LogP contribution < -0.4 is 10.9 Å². The van der Waals surface area contributed by atoms with E-state index in [1.807, 2.05) is 0 Å². The van der Waals surface area contributed by atoms with Crippen LogP contribution in [0.3, 0.4) is 0 Å². The van der Waals surface area contributed by atoms with Crippen molar-refractivity contribution in [2.45, 2.75) is 46.5 Å². The summed E-state index contributed by atoms with van der Waals surface area (Å²) < 4.78 is 0. The van der Waals surface area contributed by atoms with Gasteiger partial charge in [0.05, 0.1) is 0 Å². The topological polar surface area (TPSA) is 57.8 Å². The van der Waals surface area contributed by atoms with Gasteiger partial charge in [-0.15, -0.1) is 0 Å². The first-order chi connectivity index (χ1) is 8.36. The Morgan fingerprint density at radius 1 is 1.50 bits per heavy atom. The van der Waals surface area contributed by atoms with Gasteiger partial charge in [-0.3, -0.25) is 4.79 Å². The van der Waals surface area contributed by atoms with E-state index >= 15 is 0 Å². The zero-order chi connectivity index (χ0) is 13.3. The van der Waals surface area contributed by atoms with Gasteiger partial charge in [-0.05, 0) is 24.2 Å². The van der Waals surface area contributed by atoms with E-state index in [0.717, 1.165) is 25.2 Å². The van der Waals surface area contributed by atoms with E-state index in [9.17, 15) is 4.79 Å². The van der Waals surface area contributed by atoms with Crippen molar-refractivity contribution in [2.75, 3.05) is 11.9 Å². The molecule has 4 heteroatoms. The number of nitrogens with zero attached hydrogens (tertiary/aromatic N) is 1. The first-order valence-electron chi connectivity index (χ1n) is 6.71. The number of hydrogen-bond acceptors (Lipinski definition) is 3. The van der Waals surface area contributed by atoms with Gasteiger partial charge < -0.3 is 10.3 Å². The molecule has 0 radical (unpaired) electrons. The molecule has 0 spiro atoms. The Kier molecular flexibility index (Phi) is 3.46. The molecular weight excluding hydrogens is 226 g/mol. The second-order valence-electron chi connectivity index (χ2n) is 6.44. The summed E-state index contributed by atoms with van der Waals surface area (Å²) >= 11 is 0. The number of hydrogen-bond donors (Lipinski definition) is 2. The highest BCUT2D eigenvalue weighted by atomic mass is 16.1. The summed E-state index contributed by atoms with van der Waals surface area (Å²) in [5.74, 6) is 2.53. The van der Waals surface area contributed by atoms with E-state index in [4.69, 9.17) is 0 Å². The summed E-state index contributed by atoms with van der Waals surface area (Å²) in [6, 6.07) is 1.54. The fourth-order valence-electron chi connectivity index (χ4n) is 1.68. The summed E-state index contributed by atoms with van der Waals surface area (Å²) in [5.41, 5.74) is 0.200. The minimum atomic E-state index is -0.0576. The van der Waals surface area contributed by atoms with Crippen molar-refractivity contribution < 1.29 is 0 Å². The molecule has 1 aromatic heterocycles. The minimum Gasteiger partial charge on any atom is -0.370 e. The zero-order valence-corrected chi connectivity index (χ0v) is 11.7. The van der Waals surface area contributed by atoms with Gasteiger partial charge in [0.1, 0.15) is 11.6 Å². The van der Waals surface area contributed by atoms with E-state index in [0.29, 0.717) is 17.7 Å².